The van der Waals surface area contributed by atoms with Gasteiger partial charge in [0.15, 0.2) is 0 Å². The molecular formula is C21H23N3O2. The number of rotatable bonds is 3. The van der Waals surface area contributed by atoms with Crippen molar-refractivity contribution in [2.45, 2.75) is 25.8 Å². The maximum absolute atomic E-state index is 12.5. The van der Waals surface area contributed by atoms with E-state index in [2.05, 4.69) is 28.8 Å². The molecule has 4 rings (SSSR count). The highest BCUT2D eigenvalue weighted by Gasteiger charge is 2.44. The Kier molecular flexibility index (Phi) is 4.15. The van der Waals surface area contributed by atoms with E-state index < -0.39 is 0 Å². The summed E-state index contributed by atoms with van der Waals surface area (Å²) in [5, 5.41) is 5.90. The quantitative estimate of drug-likeness (QED) is 0.892. The monoisotopic (exact) mass is 349 g/mol. The highest BCUT2D eigenvalue weighted by atomic mass is 16.2. The predicted molar refractivity (Wildman–Crippen MR) is 102 cm³/mol. The minimum absolute atomic E-state index is 0.0409. The molecule has 0 unspecified atom stereocenters. The van der Waals surface area contributed by atoms with Crippen LogP contribution in [0.3, 0.4) is 0 Å². The summed E-state index contributed by atoms with van der Waals surface area (Å²) >= 11 is 0. The van der Waals surface area contributed by atoms with Gasteiger partial charge in [-0.15, -0.1) is 0 Å². The molecule has 3 amide bonds. The lowest BCUT2D eigenvalue weighted by atomic mass is 9.81. The van der Waals surface area contributed by atoms with Crippen molar-refractivity contribution >= 4 is 17.6 Å². The minimum Gasteiger partial charge on any atom is -0.336 e. The molecule has 0 aromatic heterocycles. The Morgan fingerprint density at radius 3 is 2.54 bits per heavy atom. The number of urea groups is 1. The summed E-state index contributed by atoms with van der Waals surface area (Å²) in [6.07, 6.45) is 0. The summed E-state index contributed by atoms with van der Waals surface area (Å²) in [5.74, 6) is 0.0241. The lowest BCUT2D eigenvalue weighted by molar-refractivity contribution is -0.119. The summed E-state index contributed by atoms with van der Waals surface area (Å²) in [7, 11) is 0. The van der Waals surface area contributed by atoms with Crippen molar-refractivity contribution in [1.82, 2.24) is 10.2 Å². The second-order valence-corrected chi connectivity index (χ2v) is 7.40. The second kappa shape index (κ2) is 6.48. The van der Waals surface area contributed by atoms with Gasteiger partial charge in [0.1, 0.15) is 0 Å². The van der Waals surface area contributed by atoms with Crippen LogP contribution < -0.4 is 10.6 Å². The third-order valence-corrected chi connectivity index (χ3v) is 5.11. The maximum Gasteiger partial charge on any atom is 0.317 e. The van der Waals surface area contributed by atoms with Gasteiger partial charge in [-0.3, -0.25) is 4.79 Å². The molecule has 5 nitrogen and oxygen atoms in total. The fraction of sp³-hybridized carbons (Fsp3) is 0.333. The van der Waals surface area contributed by atoms with Gasteiger partial charge in [0, 0.05) is 30.7 Å². The Morgan fingerprint density at radius 1 is 1.12 bits per heavy atom. The predicted octanol–water partition coefficient (Wildman–Crippen LogP) is 3.44. The summed E-state index contributed by atoms with van der Waals surface area (Å²) in [6.45, 7) is 5.12. The Hall–Kier alpha value is -2.82. The van der Waals surface area contributed by atoms with E-state index in [0.717, 1.165) is 22.4 Å². The van der Waals surface area contributed by atoms with Gasteiger partial charge in [0.2, 0.25) is 5.91 Å². The molecule has 1 saturated heterocycles. The van der Waals surface area contributed by atoms with Gasteiger partial charge < -0.3 is 15.5 Å². The Balaban J connectivity index is 1.54. The Bertz CT molecular complexity index is 842. The summed E-state index contributed by atoms with van der Waals surface area (Å²) in [4.78, 5) is 26.4. The molecule has 2 aromatic carbocycles. The van der Waals surface area contributed by atoms with Crippen LogP contribution in [0.4, 0.5) is 10.5 Å². The van der Waals surface area contributed by atoms with Crippen LogP contribution >= 0.6 is 0 Å². The van der Waals surface area contributed by atoms with Crippen molar-refractivity contribution < 1.29 is 9.59 Å². The van der Waals surface area contributed by atoms with Gasteiger partial charge in [-0.1, -0.05) is 36.4 Å². The molecule has 26 heavy (non-hydrogen) atoms. The molecule has 1 atom stereocenters. The molecular weight excluding hydrogens is 326 g/mol. The van der Waals surface area contributed by atoms with E-state index in [0.29, 0.717) is 13.1 Å². The maximum atomic E-state index is 12.5. The van der Waals surface area contributed by atoms with E-state index in [9.17, 15) is 9.59 Å². The van der Waals surface area contributed by atoms with Crippen molar-refractivity contribution in [2.75, 3.05) is 18.4 Å². The van der Waals surface area contributed by atoms with Crippen molar-refractivity contribution in [1.29, 1.82) is 0 Å². The standard InChI is InChI=1S/C21H23N3O2/c1-13(2)22-21(26)24-11-16(12-24)19-17-10-15(14-6-4-3-5-7-14)8-9-18(17)23-20(19)25/h3-10,13,16,19H,11-12H2,1-2H3,(H,22,26)(H,23,25)/t19-/m0/s1. The van der Waals surface area contributed by atoms with Crippen LogP contribution in [0.5, 0.6) is 0 Å². The third-order valence-electron chi connectivity index (χ3n) is 5.11. The summed E-state index contributed by atoms with van der Waals surface area (Å²) < 4.78 is 0. The number of fused-ring (bicyclic) bond motifs is 1. The molecule has 1 fully saturated rings. The van der Waals surface area contributed by atoms with Crippen LogP contribution in [-0.4, -0.2) is 36.0 Å². The van der Waals surface area contributed by atoms with Crippen molar-refractivity contribution in [3.63, 3.8) is 0 Å². The first-order valence-corrected chi connectivity index (χ1v) is 9.08. The number of nitrogens with zero attached hydrogens (tertiary/aromatic N) is 1. The number of amides is 3. The first kappa shape index (κ1) is 16.6. The molecule has 2 N–H and O–H groups in total. The fourth-order valence-electron chi connectivity index (χ4n) is 3.79. The van der Waals surface area contributed by atoms with Crippen molar-refractivity contribution in [3.05, 3.63) is 54.1 Å². The summed E-state index contributed by atoms with van der Waals surface area (Å²) in [5.41, 5.74) is 4.19. The number of anilines is 1. The number of likely N-dealkylation sites (tertiary alicyclic amines) is 1. The van der Waals surface area contributed by atoms with E-state index in [4.69, 9.17) is 0 Å². The van der Waals surface area contributed by atoms with E-state index in [1.54, 1.807) is 4.90 Å². The van der Waals surface area contributed by atoms with Gasteiger partial charge in [-0.25, -0.2) is 4.79 Å². The molecule has 0 bridgehead atoms. The number of hydrogen-bond donors (Lipinski definition) is 2. The zero-order valence-corrected chi connectivity index (χ0v) is 15.0. The molecule has 0 spiro atoms. The smallest absolute Gasteiger partial charge is 0.317 e. The fourth-order valence-corrected chi connectivity index (χ4v) is 3.79. The third kappa shape index (κ3) is 2.94. The van der Waals surface area contributed by atoms with Gasteiger partial charge >= 0.3 is 6.03 Å². The van der Waals surface area contributed by atoms with Crippen LogP contribution in [0.25, 0.3) is 11.1 Å². The molecule has 0 saturated carbocycles. The highest BCUT2D eigenvalue weighted by molar-refractivity contribution is 6.04. The summed E-state index contributed by atoms with van der Waals surface area (Å²) in [6, 6.07) is 16.4. The molecule has 0 radical (unpaired) electrons. The van der Waals surface area contributed by atoms with Crippen molar-refractivity contribution in [2.24, 2.45) is 5.92 Å². The number of nitrogens with one attached hydrogen (secondary N) is 2. The van der Waals surface area contributed by atoms with E-state index in [1.807, 2.05) is 44.2 Å². The molecule has 2 aliphatic rings. The lowest BCUT2D eigenvalue weighted by Crippen LogP contribution is -2.57. The topological polar surface area (TPSA) is 61.4 Å². The first-order valence-electron chi connectivity index (χ1n) is 9.08. The highest BCUT2D eigenvalue weighted by Crippen LogP contribution is 2.42. The second-order valence-electron chi connectivity index (χ2n) is 7.40. The normalized spacial score (nSPS) is 19.1. The van der Waals surface area contributed by atoms with E-state index in [-0.39, 0.29) is 29.8 Å². The van der Waals surface area contributed by atoms with Gasteiger partial charge in [0.05, 0.1) is 5.92 Å². The lowest BCUT2D eigenvalue weighted by Gasteiger charge is -2.42. The average Bonchev–Trinajstić information content (AvgIpc) is 2.89. The largest absolute Gasteiger partial charge is 0.336 e. The van der Waals surface area contributed by atoms with Crippen LogP contribution in [0.15, 0.2) is 48.5 Å². The van der Waals surface area contributed by atoms with Gasteiger partial charge in [-0.2, -0.15) is 0 Å². The van der Waals surface area contributed by atoms with Crippen LogP contribution in [0, 0.1) is 5.92 Å². The number of carbonyl (C=O) groups is 2. The van der Waals surface area contributed by atoms with Crippen molar-refractivity contribution in [3.8, 4) is 11.1 Å². The molecule has 5 heteroatoms. The number of hydrogen-bond acceptors (Lipinski definition) is 2. The molecule has 2 aliphatic heterocycles. The minimum atomic E-state index is -0.184. The van der Waals surface area contributed by atoms with E-state index in [1.165, 1.54) is 0 Å². The molecule has 0 aliphatic carbocycles. The van der Waals surface area contributed by atoms with Gasteiger partial charge in [0.25, 0.3) is 0 Å². The van der Waals surface area contributed by atoms with Crippen LogP contribution in [-0.2, 0) is 4.79 Å². The zero-order valence-electron chi connectivity index (χ0n) is 15.0. The first-order chi connectivity index (χ1) is 12.5. The van der Waals surface area contributed by atoms with Gasteiger partial charge in [-0.05, 0) is 42.7 Å². The SMILES string of the molecule is CC(C)NC(=O)N1CC([C@@H]2C(=O)Nc3ccc(-c4ccccc4)cc32)C1. The zero-order chi connectivity index (χ0) is 18.3. The Morgan fingerprint density at radius 2 is 1.85 bits per heavy atom. The Labute approximate surface area is 153 Å². The van der Waals surface area contributed by atoms with E-state index >= 15 is 0 Å². The molecule has 134 valence electrons. The molecule has 2 heterocycles. The van der Waals surface area contributed by atoms with Crippen LogP contribution in [0.2, 0.25) is 0 Å². The number of carbonyl (C=O) groups excluding carboxylic acids is 2. The van der Waals surface area contributed by atoms with Crippen LogP contribution in [0.1, 0.15) is 25.3 Å². The number of benzene rings is 2. The average molecular weight is 349 g/mol. The molecule has 2 aromatic rings.